The molecular weight excluding hydrogens is 800 g/mol. The van der Waals surface area contributed by atoms with Gasteiger partial charge in [0.2, 0.25) is 0 Å². The molecule has 0 unspecified atom stereocenters. The fourth-order valence-electron chi connectivity index (χ4n) is 11.8. The van der Waals surface area contributed by atoms with Gasteiger partial charge in [-0.3, -0.25) is 0 Å². The molecule has 7 aromatic carbocycles. The van der Waals surface area contributed by atoms with Gasteiger partial charge in [-0.1, -0.05) is 147 Å². The number of fused-ring (bicyclic) bond motifs is 9. The number of rotatable bonds is 12. The molecule has 3 aliphatic rings. The lowest BCUT2D eigenvalue weighted by Gasteiger charge is -2.48. The van der Waals surface area contributed by atoms with E-state index < -0.39 is 0 Å². The van der Waals surface area contributed by atoms with Crippen LogP contribution < -0.4 is 20.6 Å². The van der Waals surface area contributed by atoms with Crippen LogP contribution in [-0.2, 0) is 30.1 Å². The Morgan fingerprint density at radius 3 is 1.89 bits per heavy atom. The number of unbranched alkanes of at least 4 members (excludes halogenated alkanes) is 3. The fourth-order valence-corrected chi connectivity index (χ4v) is 11.8. The van der Waals surface area contributed by atoms with Gasteiger partial charge >= 0.3 is 6.85 Å². The molecule has 0 fully saturated rings. The second-order valence-corrected chi connectivity index (χ2v) is 21.0. The van der Waals surface area contributed by atoms with Gasteiger partial charge in [-0.05, 0) is 167 Å². The van der Waals surface area contributed by atoms with E-state index in [0.29, 0.717) is 0 Å². The highest BCUT2D eigenvalue weighted by atomic mass is 16.3. The third-order valence-corrected chi connectivity index (χ3v) is 15.6. The molecule has 2 aliphatic heterocycles. The standard InChI is InChI=1S/C62H65BN2O/c1-8-11-19-41-26-29-45(30-27-41)65-54-40-51-50(61(4,5)34-35-62(51,6)7)39-48(54)49-37-43(21-13-10-3)38-55-59(49)63(65)52-31-33-57-58(46-24-17-18-25-56(46)66-57)60(52)64(55)53-32-28-42(20-12-9-2)36-47(53)44-22-15-14-16-23-44/h14-18,22-33,36-40H,8-13,19-21,34-35H2,1-7H3. The summed E-state index contributed by atoms with van der Waals surface area (Å²) in [7, 11) is 0. The Bertz CT molecular complexity index is 3120. The SMILES string of the molecule is CCCCc1ccc(N2B3c4ccc5oc6ccccc6c5c4N(c4ccc(CCCC)cc4-c4ccccc4)c4cc(CCCC)cc(c43)-c3cc4c(cc32)C(C)(C)CCC4(C)C)cc1. The van der Waals surface area contributed by atoms with E-state index in [2.05, 4.69) is 192 Å². The van der Waals surface area contributed by atoms with E-state index in [9.17, 15) is 0 Å². The summed E-state index contributed by atoms with van der Waals surface area (Å²) in [6, 6.07) is 51.9. The fraction of sp³-hybridized carbons (Fsp3) is 0.323. The average molecular weight is 865 g/mol. The summed E-state index contributed by atoms with van der Waals surface area (Å²) in [6.45, 7) is 16.7. The molecule has 0 amide bonds. The predicted octanol–water partition coefficient (Wildman–Crippen LogP) is 16.3. The molecule has 4 heteroatoms. The normalized spacial score (nSPS) is 15.5. The first-order valence-electron chi connectivity index (χ1n) is 25.3. The number of hydrogen-bond acceptors (Lipinski definition) is 3. The van der Waals surface area contributed by atoms with Crippen LogP contribution in [0.1, 0.15) is 128 Å². The van der Waals surface area contributed by atoms with E-state index in [-0.39, 0.29) is 17.7 Å². The first-order chi connectivity index (χ1) is 32.1. The van der Waals surface area contributed by atoms with Crippen LogP contribution in [0.15, 0.2) is 138 Å². The summed E-state index contributed by atoms with van der Waals surface area (Å²) >= 11 is 0. The Labute approximate surface area is 394 Å². The van der Waals surface area contributed by atoms with Crippen molar-refractivity contribution < 1.29 is 4.42 Å². The molecule has 1 aliphatic carbocycles. The van der Waals surface area contributed by atoms with Crippen LogP contribution in [0.3, 0.4) is 0 Å². The Kier molecular flexibility index (Phi) is 10.8. The molecule has 0 spiro atoms. The maximum atomic E-state index is 6.83. The maximum Gasteiger partial charge on any atom is 0.333 e. The Morgan fingerprint density at radius 2 is 1.17 bits per heavy atom. The molecular formula is C62H65BN2O. The lowest BCUT2D eigenvalue weighted by Crippen LogP contribution is -2.61. The molecule has 0 N–H and O–H groups in total. The lowest BCUT2D eigenvalue weighted by molar-refractivity contribution is 0.332. The summed E-state index contributed by atoms with van der Waals surface area (Å²) in [5.74, 6) is 0. The van der Waals surface area contributed by atoms with Crippen molar-refractivity contribution in [2.45, 2.75) is 130 Å². The van der Waals surface area contributed by atoms with Crippen molar-refractivity contribution in [1.29, 1.82) is 0 Å². The third kappa shape index (κ3) is 7.01. The first-order valence-corrected chi connectivity index (χ1v) is 25.3. The smallest absolute Gasteiger partial charge is 0.333 e. The minimum Gasteiger partial charge on any atom is -0.456 e. The van der Waals surface area contributed by atoms with E-state index in [0.717, 1.165) is 48.7 Å². The molecule has 66 heavy (non-hydrogen) atoms. The second kappa shape index (κ2) is 16.7. The van der Waals surface area contributed by atoms with Crippen LogP contribution in [0.25, 0.3) is 44.2 Å². The summed E-state index contributed by atoms with van der Waals surface area (Å²) in [5.41, 5.74) is 23.4. The van der Waals surface area contributed by atoms with Crippen LogP contribution >= 0.6 is 0 Å². The summed E-state index contributed by atoms with van der Waals surface area (Å²) in [6.07, 6.45) is 12.6. The van der Waals surface area contributed by atoms with Crippen molar-refractivity contribution in [3.63, 3.8) is 0 Å². The van der Waals surface area contributed by atoms with Gasteiger partial charge in [0.1, 0.15) is 11.2 Å². The zero-order chi connectivity index (χ0) is 45.3. The van der Waals surface area contributed by atoms with Crippen molar-refractivity contribution in [3.05, 3.63) is 161 Å². The largest absolute Gasteiger partial charge is 0.456 e. The number of furan rings is 1. The number of benzene rings is 7. The van der Waals surface area contributed by atoms with E-state index in [1.807, 2.05) is 0 Å². The van der Waals surface area contributed by atoms with Gasteiger partial charge in [0.05, 0.1) is 16.8 Å². The lowest BCUT2D eigenvalue weighted by atomic mass is 9.43. The van der Waals surface area contributed by atoms with Crippen molar-refractivity contribution in [3.8, 4) is 22.3 Å². The van der Waals surface area contributed by atoms with Gasteiger partial charge in [-0.2, -0.15) is 0 Å². The van der Waals surface area contributed by atoms with E-state index in [4.69, 9.17) is 4.42 Å². The maximum absolute atomic E-state index is 6.83. The Balaban J connectivity index is 1.29. The molecule has 11 rings (SSSR count). The summed E-state index contributed by atoms with van der Waals surface area (Å²) in [4.78, 5) is 5.42. The van der Waals surface area contributed by atoms with E-state index >= 15 is 0 Å². The molecule has 8 aromatic rings. The molecule has 3 heterocycles. The van der Waals surface area contributed by atoms with Gasteiger partial charge < -0.3 is 14.1 Å². The molecule has 0 atom stereocenters. The van der Waals surface area contributed by atoms with E-state index in [1.54, 1.807) is 0 Å². The van der Waals surface area contributed by atoms with Gasteiger partial charge in [0, 0.05) is 33.6 Å². The van der Waals surface area contributed by atoms with Crippen molar-refractivity contribution >= 4 is 68.1 Å². The van der Waals surface area contributed by atoms with E-state index in [1.165, 1.54) is 133 Å². The minimum atomic E-state index is -0.0877. The molecule has 0 radical (unpaired) electrons. The highest BCUT2D eigenvalue weighted by Gasteiger charge is 2.48. The van der Waals surface area contributed by atoms with Crippen molar-refractivity contribution in [2.75, 3.05) is 9.71 Å². The number of para-hydroxylation sites is 1. The third-order valence-electron chi connectivity index (χ3n) is 15.6. The highest BCUT2D eigenvalue weighted by molar-refractivity contribution is 6.94. The Morgan fingerprint density at radius 1 is 0.530 bits per heavy atom. The van der Waals surface area contributed by atoms with Crippen molar-refractivity contribution in [1.82, 2.24) is 0 Å². The summed E-state index contributed by atoms with van der Waals surface area (Å²) in [5, 5.41) is 2.33. The number of hydrogen-bond donors (Lipinski definition) is 0. The van der Waals surface area contributed by atoms with Crippen LogP contribution in [0.4, 0.5) is 28.4 Å². The molecule has 1 aromatic heterocycles. The van der Waals surface area contributed by atoms with Gasteiger partial charge in [0.25, 0.3) is 0 Å². The topological polar surface area (TPSA) is 19.6 Å². The second-order valence-electron chi connectivity index (χ2n) is 21.0. The highest BCUT2D eigenvalue weighted by Crippen LogP contribution is 2.55. The molecule has 3 nitrogen and oxygen atoms in total. The van der Waals surface area contributed by atoms with Crippen LogP contribution in [0.2, 0.25) is 0 Å². The first kappa shape index (κ1) is 42.6. The average Bonchev–Trinajstić information content (AvgIpc) is 3.73. The Hall–Kier alpha value is -6.00. The molecule has 332 valence electrons. The van der Waals surface area contributed by atoms with Gasteiger partial charge in [0.15, 0.2) is 0 Å². The minimum absolute atomic E-state index is 0.0598. The number of nitrogens with zero attached hydrogens (tertiary/aromatic N) is 2. The van der Waals surface area contributed by atoms with Crippen LogP contribution in [0.5, 0.6) is 0 Å². The van der Waals surface area contributed by atoms with Crippen molar-refractivity contribution in [2.24, 2.45) is 0 Å². The summed E-state index contributed by atoms with van der Waals surface area (Å²) < 4.78 is 6.83. The quantitative estimate of drug-likeness (QED) is 0.114. The number of aryl methyl sites for hydroxylation is 3. The monoisotopic (exact) mass is 865 g/mol. The molecule has 0 saturated carbocycles. The zero-order valence-electron chi connectivity index (χ0n) is 40.4. The van der Waals surface area contributed by atoms with Gasteiger partial charge in [-0.25, -0.2) is 0 Å². The number of anilines is 5. The zero-order valence-corrected chi connectivity index (χ0v) is 40.4. The van der Waals surface area contributed by atoms with Crippen LogP contribution in [0, 0.1) is 0 Å². The predicted molar refractivity (Wildman–Crippen MR) is 284 cm³/mol. The molecule has 0 bridgehead atoms. The molecule has 0 saturated heterocycles. The van der Waals surface area contributed by atoms with Gasteiger partial charge in [-0.15, -0.1) is 0 Å². The van der Waals surface area contributed by atoms with Crippen LogP contribution in [-0.4, -0.2) is 6.85 Å².